The second kappa shape index (κ2) is 10.9. The van der Waals surface area contributed by atoms with Crippen LogP contribution < -0.4 is 4.74 Å². The van der Waals surface area contributed by atoms with Crippen molar-refractivity contribution in [2.24, 2.45) is 0 Å². The molecule has 1 aliphatic carbocycles. The molecule has 0 radical (unpaired) electrons. The number of ether oxygens (including phenoxy) is 1. The largest absolute Gasteiger partial charge is 0.497 e. The molecule has 2 aliphatic rings. The zero-order valence-electron chi connectivity index (χ0n) is 22.2. The van der Waals surface area contributed by atoms with Gasteiger partial charge < -0.3 is 18.8 Å². The van der Waals surface area contributed by atoms with E-state index in [-0.39, 0.29) is 17.6 Å². The highest BCUT2D eigenvalue weighted by atomic mass is 16.5. The van der Waals surface area contributed by atoms with E-state index >= 15 is 0 Å². The number of imidazole rings is 2. The molecule has 1 saturated heterocycles. The van der Waals surface area contributed by atoms with E-state index in [4.69, 9.17) is 9.72 Å². The SMILES string of the molecule is COc1ccc2c(c1)C(CC(=O)N1CCC(c3nccn3Cc3nccn3Cc3ccccc3)CC1)CC2=O. The third kappa shape index (κ3) is 5.24. The van der Waals surface area contributed by atoms with Gasteiger partial charge in [0.25, 0.3) is 0 Å². The molecule has 4 aromatic rings. The van der Waals surface area contributed by atoms with Crippen molar-refractivity contribution in [1.29, 1.82) is 0 Å². The molecule has 2 aromatic carbocycles. The first-order valence-corrected chi connectivity index (χ1v) is 13.6. The lowest BCUT2D eigenvalue weighted by atomic mass is 9.93. The summed E-state index contributed by atoms with van der Waals surface area (Å²) in [5, 5.41) is 0. The van der Waals surface area contributed by atoms with Crippen molar-refractivity contribution in [2.75, 3.05) is 20.2 Å². The summed E-state index contributed by atoms with van der Waals surface area (Å²) in [7, 11) is 1.62. The molecular formula is C31H33N5O3. The Labute approximate surface area is 228 Å². The van der Waals surface area contributed by atoms with Gasteiger partial charge in [-0.2, -0.15) is 0 Å². The molecule has 1 atom stereocenters. The van der Waals surface area contributed by atoms with Gasteiger partial charge >= 0.3 is 0 Å². The lowest BCUT2D eigenvalue weighted by Crippen LogP contribution is -2.39. The van der Waals surface area contributed by atoms with Gasteiger partial charge in [0.2, 0.25) is 5.91 Å². The van der Waals surface area contributed by atoms with Gasteiger partial charge in [0.15, 0.2) is 5.78 Å². The first-order chi connectivity index (χ1) is 19.1. The normalized spacial score (nSPS) is 17.4. The zero-order valence-corrected chi connectivity index (χ0v) is 22.2. The molecule has 1 aliphatic heterocycles. The van der Waals surface area contributed by atoms with E-state index in [1.807, 2.05) is 54.0 Å². The Balaban J connectivity index is 1.07. The van der Waals surface area contributed by atoms with Crippen molar-refractivity contribution in [2.45, 2.75) is 50.6 Å². The molecule has 0 saturated carbocycles. The van der Waals surface area contributed by atoms with E-state index in [1.165, 1.54) is 5.56 Å². The maximum Gasteiger partial charge on any atom is 0.223 e. The second-order valence-corrected chi connectivity index (χ2v) is 10.5. The molecule has 0 spiro atoms. The minimum absolute atomic E-state index is 0.0775. The number of ketones is 1. The van der Waals surface area contributed by atoms with E-state index in [0.29, 0.717) is 38.4 Å². The van der Waals surface area contributed by atoms with Crippen LogP contribution in [0, 0.1) is 0 Å². The van der Waals surface area contributed by atoms with Gasteiger partial charge in [0, 0.05) is 74.7 Å². The number of piperidine rings is 1. The van der Waals surface area contributed by atoms with Crippen LogP contribution in [0.5, 0.6) is 5.75 Å². The van der Waals surface area contributed by atoms with Crippen LogP contribution in [-0.4, -0.2) is 55.9 Å². The number of Topliss-reactive ketones (excluding diaryl/α,β-unsaturated/α-hetero) is 1. The van der Waals surface area contributed by atoms with Gasteiger partial charge in [-0.3, -0.25) is 9.59 Å². The van der Waals surface area contributed by atoms with E-state index < -0.39 is 0 Å². The highest BCUT2D eigenvalue weighted by Gasteiger charge is 2.34. The summed E-state index contributed by atoms with van der Waals surface area (Å²) in [5.74, 6) is 3.21. The number of fused-ring (bicyclic) bond motifs is 1. The van der Waals surface area contributed by atoms with Crippen molar-refractivity contribution >= 4 is 11.7 Å². The standard InChI is InChI=1S/C31H33N5O3/c1-39-25-7-8-26-27(19-25)24(17-28(26)37)18-30(38)34-13-9-23(10-14-34)31-33-12-16-36(31)21-29-32-11-15-35(29)20-22-5-3-2-4-6-22/h2-8,11-12,15-16,19,23-24H,9-10,13-14,17-18,20-21H2,1H3. The average Bonchev–Trinajstić information content (AvgIpc) is 3.69. The summed E-state index contributed by atoms with van der Waals surface area (Å²) >= 11 is 0. The fourth-order valence-electron chi connectivity index (χ4n) is 5.99. The highest BCUT2D eigenvalue weighted by Crippen LogP contribution is 2.38. The first-order valence-electron chi connectivity index (χ1n) is 13.6. The van der Waals surface area contributed by atoms with E-state index in [0.717, 1.165) is 47.9 Å². The van der Waals surface area contributed by atoms with Gasteiger partial charge in [-0.25, -0.2) is 9.97 Å². The molecular weight excluding hydrogens is 490 g/mol. The first kappa shape index (κ1) is 25.1. The number of methoxy groups -OCH3 is 1. The molecule has 39 heavy (non-hydrogen) atoms. The van der Waals surface area contributed by atoms with Gasteiger partial charge in [-0.15, -0.1) is 0 Å². The molecule has 3 heterocycles. The molecule has 0 bridgehead atoms. The molecule has 6 rings (SSSR count). The van der Waals surface area contributed by atoms with Crippen molar-refractivity contribution in [3.8, 4) is 5.75 Å². The third-order valence-electron chi connectivity index (χ3n) is 8.12. The van der Waals surface area contributed by atoms with E-state index in [2.05, 4.69) is 38.4 Å². The monoisotopic (exact) mass is 523 g/mol. The number of benzene rings is 2. The summed E-state index contributed by atoms with van der Waals surface area (Å²) in [6, 6.07) is 15.9. The Hall–Kier alpha value is -4.20. The zero-order chi connectivity index (χ0) is 26.8. The maximum absolute atomic E-state index is 13.2. The molecule has 1 fully saturated rings. The molecule has 2 aromatic heterocycles. The fraction of sp³-hybridized carbons (Fsp3) is 0.355. The third-order valence-corrected chi connectivity index (χ3v) is 8.12. The number of aromatic nitrogens is 4. The summed E-state index contributed by atoms with van der Waals surface area (Å²) in [4.78, 5) is 37.0. The summed E-state index contributed by atoms with van der Waals surface area (Å²) in [6.07, 6.45) is 10.3. The van der Waals surface area contributed by atoms with Crippen LogP contribution in [-0.2, 0) is 17.9 Å². The number of rotatable bonds is 8. The van der Waals surface area contributed by atoms with Crippen molar-refractivity contribution < 1.29 is 14.3 Å². The molecule has 8 heteroatoms. The Kier molecular flexibility index (Phi) is 7.00. The minimum atomic E-state index is -0.0775. The summed E-state index contributed by atoms with van der Waals surface area (Å²) in [6.45, 7) is 2.84. The predicted molar refractivity (Wildman–Crippen MR) is 147 cm³/mol. The Morgan fingerprint density at radius 1 is 0.974 bits per heavy atom. The Bertz CT molecular complexity index is 1470. The Morgan fingerprint density at radius 3 is 2.54 bits per heavy atom. The topological polar surface area (TPSA) is 82.2 Å². The molecule has 200 valence electrons. The quantitative estimate of drug-likeness (QED) is 0.336. The van der Waals surface area contributed by atoms with Crippen molar-refractivity contribution in [3.05, 3.63) is 102 Å². The molecule has 1 unspecified atom stereocenters. The number of hydrogen-bond donors (Lipinski definition) is 0. The molecule has 0 N–H and O–H groups in total. The summed E-state index contributed by atoms with van der Waals surface area (Å²) in [5.41, 5.74) is 2.91. The van der Waals surface area contributed by atoms with Crippen LogP contribution >= 0.6 is 0 Å². The fourth-order valence-corrected chi connectivity index (χ4v) is 5.99. The number of amides is 1. The maximum atomic E-state index is 13.2. The minimum Gasteiger partial charge on any atom is -0.497 e. The summed E-state index contributed by atoms with van der Waals surface area (Å²) < 4.78 is 9.72. The number of likely N-dealkylation sites (tertiary alicyclic amines) is 1. The molecule has 8 nitrogen and oxygen atoms in total. The van der Waals surface area contributed by atoms with Crippen molar-refractivity contribution in [3.63, 3.8) is 0 Å². The van der Waals surface area contributed by atoms with Crippen LogP contribution in [0.25, 0.3) is 0 Å². The van der Waals surface area contributed by atoms with Gasteiger partial charge in [-0.1, -0.05) is 30.3 Å². The average molecular weight is 524 g/mol. The van der Waals surface area contributed by atoms with E-state index in [1.54, 1.807) is 7.11 Å². The van der Waals surface area contributed by atoms with Gasteiger partial charge in [0.05, 0.1) is 13.7 Å². The number of carbonyl (C=O) groups excluding carboxylic acids is 2. The lowest BCUT2D eigenvalue weighted by Gasteiger charge is -2.32. The van der Waals surface area contributed by atoms with Crippen LogP contribution in [0.1, 0.15) is 70.7 Å². The van der Waals surface area contributed by atoms with E-state index in [9.17, 15) is 9.59 Å². The molecule has 1 amide bonds. The number of hydrogen-bond acceptors (Lipinski definition) is 5. The second-order valence-electron chi connectivity index (χ2n) is 10.5. The number of nitrogens with zero attached hydrogens (tertiary/aromatic N) is 5. The number of carbonyl (C=O) groups is 2. The van der Waals surface area contributed by atoms with Crippen LogP contribution in [0.3, 0.4) is 0 Å². The van der Waals surface area contributed by atoms with Crippen LogP contribution in [0.4, 0.5) is 0 Å². The predicted octanol–water partition coefficient (Wildman–Crippen LogP) is 4.65. The van der Waals surface area contributed by atoms with Gasteiger partial charge in [-0.05, 0) is 42.2 Å². The lowest BCUT2D eigenvalue weighted by molar-refractivity contribution is -0.132. The highest BCUT2D eigenvalue weighted by molar-refractivity contribution is 6.02. The van der Waals surface area contributed by atoms with Crippen molar-refractivity contribution in [1.82, 2.24) is 24.0 Å². The van der Waals surface area contributed by atoms with Crippen LogP contribution in [0.2, 0.25) is 0 Å². The Morgan fingerprint density at radius 2 is 1.74 bits per heavy atom. The smallest absolute Gasteiger partial charge is 0.223 e. The van der Waals surface area contributed by atoms with Crippen LogP contribution in [0.15, 0.2) is 73.3 Å². The van der Waals surface area contributed by atoms with Gasteiger partial charge in [0.1, 0.15) is 17.4 Å².